The lowest BCUT2D eigenvalue weighted by Crippen LogP contribution is -2.06. The third kappa shape index (κ3) is 2.98. The molecule has 0 unspecified atom stereocenters. The van der Waals surface area contributed by atoms with E-state index in [0.717, 1.165) is 0 Å². The molecular weight excluding hydrogens is 140 g/mol. The van der Waals surface area contributed by atoms with Gasteiger partial charge in [-0.3, -0.25) is 0 Å². The van der Waals surface area contributed by atoms with Crippen LogP contribution in [-0.4, -0.2) is 16.6 Å². The first kappa shape index (κ1) is 7.98. The highest BCUT2D eigenvalue weighted by Gasteiger charge is 1.96. The van der Waals surface area contributed by atoms with Crippen molar-refractivity contribution in [3.05, 3.63) is 18.5 Å². The molecule has 0 amide bonds. The monoisotopic (exact) mass is 152 g/mol. The zero-order valence-electron chi connectivity index (χ0n) is 6.82. The molecular formula is C8H12N2O. The summed E-state index contributed by atoms with van der Waals surface area (Å²) < 4.78 is 5.25. The molecule has 60 valence electrons. The summed E-state index contributed by atoms with van der Waals surface area (Å²) in [5.41, 5.74) is 0. The van der Waals surface area contributed by atoms with Crippen LogP contribution in [0.3, 0.4) is 0 Å². The third-order valence-corrected chi connectivity index (χ3v) is 1.09. The standard InChI is InChI=1S/C8H12N2O/c1-7(2)6-11-8-9-4-3-5-10-8/h3-5,7H,6H2,1-2H3. The van der Waals surface area contributed by atoms with Gasteiger partial charge in [-0.2, -0.15) is 0 Å². The van der Waals surface area contributed by atoms with Crippen molar-refractivity contribution in [3.63, 3.8) is 0 Å². The molecule has 0 bridgehead atoms. The minimum atomic E-state index is 0.459. The van der Waals surface area contributed by atoms with E-state index in [1.807, 2.05) is 0 Å². The number of nitrogens with zero attached hydrogens (tertiary/aromatic N) is 2. The zero-order chi connectivity index (χ0) is 8.10. The topological polar surface area (TPSA) is 35.0 Å². The number of ether oxygens (including phenoxy) is 1. The van der Waals surface area contributed by atoms with Gasteiger partial charge in [-0.25, -0.2) is 9.97 Å². The maximum Gasteiger partial charge on any atom is 0.316 e. The van der Waals surface area contributed by atoms with E-state index in [0.29, 0.717) is 18.5 Å². The minimum Gasteiger partial charge on any atom is -0.463 e. The molecule has 3 heteroatoms. The molecule has 0 spiro atoms. The highest BCUT2D eigenvalue weighted by molar-refractivity contribution is 4.92. The zero-order valence-corrected chi connectivity index (χ0v) is 6.82. The van der Waals surface area contributed by atoms with Crippen LogP contribution >= 0.6 is 0 Å². The van der Waals surface area contributed by atoms with E-state index >= 15 is 0 Å². The van der Waals surface area contributed by atoms with Crippen molar-refractivity contribution in [2.75, 3.05) is 6.61 Å². The smallest absolute Gasteiger partial charge is 0.316 e. The SMILES string of the molecule is CC(C)COc1ncccn1. The number of rotatable bonds is 3. The van der Waals surface area contributed by atoms with Gasteiger partial charge in [0.25, 0.3) is 0 Å². The Kier molecular flexibility index (Phi) is 2.83. The van der Waals surface area contributed by atoms with Crippen LogP contribution in [0.4, 0.5) is 0 Å². The van der Waals surface area contributed by atoms with Crippen LogP contribution in [-0.2, 0) is 0 Å². The fourth-order valence-corrected chi connectivity index (χ4v) is 0.601. The molecule has 0 aromatic carbocycles. The Hall–Kier alpha value is -1.12. The van der Waals surface area contributed by atoms with Crippen molar-refractivity contribution in [2.45, 2.75) is 13.8 Å². The summed E-state index contributed by atoms with van der Waals surface area (Å²) in [6.45, 7) is 4.84. The molecule has 0 saturated heterocycles. The van der Waals surface area contributed by atoms with Crippen LogP contribution < -0.4 is 4.74 Å². The van der Waals surface area contributed by atoms with E-state index in [2.05, 4.69) is 23.8 Å². The molecule has 1 rings (SSSR count). The van der Waals surface area contributed by atoms with Gasteiger partial charge >= 0.3 is 6.01 Å². The van der Waals surface area contributed by atoms with E-state index in [1.165, 1.54) is 0 Å². The Labute approximate surface area is 66.4 Å². The van der Waals surface area contributed by atoms with E-state index in [4.69, 9.17) is 4.74 Å². The van der Waals surface area contributed by atoms with Gasteiger partial charge in [0.15, 0.2) is 0 Å². The molecule has 0 fully saturated rings. The summed E-state index contributed by atoms with van der Waals surface area (Å²) in [4.78, 5) is 7.83. The van der Waals surface area contributed by atoms with Crippen LogP contribution in [0.5, 0.6) is 6.01 Å². The Balaban J connectivity index is 2.39. The van der Waals surface area contributed by atoms with Gasteiger partial charge in [0, 0.05) is 12.4 Å². The summed E-state index contributed by atoms with van der Waals surface area (Å²) in [7, 11) is 0. The van der Waals surface area contributed by atoms with E-state index < -0.39 is 0 Å². The lowest BCUT2D eigenvalue weighted by Gasteiger charge is -2.04. The second-order valence-electron chi connectivity index (χ2n) is 2.74. The maximum absolute atomic E-state index is 5.25. The second kappa shape index (κ2) is 3.91. The molecule has 0 aliphatic carbocycles. The van der Waals surface area contributed by atoms with Crippen LogP contribution in [0.1, 0.15) is 13.8 Å². The lowest BCUT2D eigenvalue weighted by molar-refractivity contribution is 0.251. The Bertz CT molecular complexity index is 199. The Morgan fingerprint density at radius 2 is 2.00 bits per heavy atom. The number of hydrogen-bond donors (Lipinski definition) is 0. The van der Waals surface area contributed by atoms with Crippen molar-refractivity contribution in [2.24, 2.45) is 5.92 Å². The Morgan fingerprint density at radius 3 is 2.55 bits per heavy atom. The van der Waals surface area contributed by atoms with Crippen LogP contribution in [0, 0.1) is 5.92 Å². The average Bonchev–Trinajstić information content (AvgIpc) is 2.03. The maximum atomic E-state index is 5.25. The minimum absolute atomic E-state index is 0.459. The van der Waals surface area contributed by atoms with Gasteiger partial charge in [-0.05, 0) is 12.0 Å². The van der Waals surface area contributed by atoms with Gasteiger partial charge in [0.1, 0.15) is 0 Å². The van der Waals surface area contributed by atoms with Crippen molar-refractivity contribution >= 4 is 0 Å². The summed E-state index contributed by atoms with van der Waals surface area (Å²) in [5.74, 6) is 0.513. The van der Waals surface area contributed by atoms with Crippen molar-refractivity contribution in [3.8, 4) is 6.01 Å². The highest BCUT2D eigenvalue weighted by Crippen LogP contribution is 2.00. The molecule has 0 N–H and O–H groups in total. The van der Waals surface area contributed by atoms with E-state index in [-0.39, 0.29) is 0 Å². The molecule has 3 nitrogen and oxygen atoms in total. The summed E-state index contributed by atoms with van der Waals surface area (Å²) in [6, 6.07) is 2.23. The van der Waals surface area contributed by atoms with Gasteiger partial charge in [0.2, 0.25) is 0 Å². The van der Waals surface area contributed by atoms with Crippen LogP contribution in [0.15, 0.2) is 18.5 Å². The lowest BCUT2D eigenvalue weighted by atomic mass is 10.2. The Morgan fingerprint density at radius 1 is 1.36 bits per heavy atom. The van der Waals surface area contributed by atoms with Crippen molar-refractivity contribution in [1.29, 1.82) is 0 Å². The number of hydrogen-bond acceptors (Lipinski definition) is 3. The first-order valence-corrected chi connectivity index (χ1v) is 3.69. The first-order chi connectivity index (χ1) is 5.29. The highest BCUT2D eigenvalue weighted by atomic mass is 16.5. The quantitative estimate of drug-likeness (QED) is 0.658. The predicted octanol–water partition coefficient (Wildman–Crippen LogP) is 1.51. The molecule has 0 aliphatic heterocycles. The van der Waals surface area contributed by atoms with E-state index in [1.54, 1.807) is 18.5 Å². The van der Waals surface area contributed by atoms with Gasteiger partial charge in [-0.1, -0.05) is 13.8 Å². The second-order valence-corrected chi connectivity index (χ2v) is 2.74. The fraction of sp³-hybridized carbons (Fsp3) is 0.500. The largest absolute Gasteiger partial charge is 0.463 e. The van der Waals surface area contributed by atoms with Crippen LogP contribution in [0.2, 0.25) is 0 Å². The molecule has 1 aromatic heterocycles. The van der Waals surface area contributed by atoms with E-state index in [9.17, 15) is 0 Å². The average molecular weight is 152 g/mol. The van der Waals surface area contributed by atoms with Crippen molar-refractivity contribution < 1.29 is 4.74 Å². The van der Waals surface area contributed by atoms with Gasteiger partial charge in [-0.15, -0.1) is 0 Å². The van der Waals surface area contributed by atoms with Crippen molar-refractivity contribution in [1.82, 2.24) is 9.97 Å². The fourth-order valence-electron chi connectivity index (χ4n) is 0.601. The summed E-state index contributed by atoms with van der Waals surface area (Å²) in [6.07, 6.45) is 3.34. The molecule has 0 saturated carbocycles. The summed E-state index contributed by atoms with van der Waals surface area (Å²) in [5, 5.41) is 0. The molecule has 1 aromatic rings. The normalized spacial score (nSPS) is 10.1. The molecule has 0 radical (unpaired) electrons. The molecule has 0 aliphatic rings. The molecule has 11 heavy (non-hydrogen) atoms. The summed E-state index contributed by atoms with van der Waals surface area (Å²) >= 11 is 0. The third-order valence-electron chi connectivity index (χ3n) is 1.09. The predicted molar refractivity (Wildman–Crippen MR) is 42.4 cm³/mol. The molecule has 1 heterocycles. The van der Waals surface area contributed by atoms with Gasteiger partial charge < -0.3 is 4.74 Å². The van der Waals surface area contributed by atoms with Crippen LogP contribution in [0.25, 0.3) is 0 Å². The first-order valence-electron chi connectivity index (χ1n) is 3.69. The number of aromatic nitrogens is 2. The molecule has 0 atom stereocenters. The van der Waals surface area contributed by atoms with Gasteiger partial charge in [0.05, 0.1) is 6.61 Å².